The molecule has 1 saturated heterocycles. The number of hydrogen-bond acceptors (Lipinski definition) is 6. The highest BCUT2D eigenvalue weighted by Gasteiger charge is 2.26. The van der Waals surface area contributed by atoms with Gasteiger partial charge in [-0.1, -0.05) is 0 Å². The van der Waals surface area contributed by atoms with Crippen LogP contribution in [0.5, 0.6) is 5.75 Å². The molecule has 3 N–H and O–H groups in total. The van der Waals surface area contributed by atoms with Gasteiger partial charge in [-0.2, -0.15) is 0 Å². The molecule has 7 nitrogen and oxygen atoms in total. The van der Waals surface area contributed by atoms with Gasteiger partial charge in [0.1, 0.15) is 17.4 Å². The van der Waals surface area contributed by atoms with E-state index in [1.54, 1.807) is 19.2 Å². The number of carbonyl (C=O) groups excluding carboxylic acids is 1. The molecule has 1 aliphatic rings. The fourth-order valence-electron chi connectivity index (χ4n) is 3.22. The third-order valence-electron chi connectivity index (χ3n) is 4.91. The van der Waals surface area contributed by atoms with Crippen LogP contribution in [0, 0.1) is 19.7 Å². The van der Waals surface area contributed by atoms with E-state index in [0.717, 1.165) is 30.0 Å². The summed E-state index contributed by atoms with van der Waals surface area (Å²) in [4.78, 5) is 22.1. The third kappa shape index (κ3) is 4.16. The standard InChI is InChI=1S/C19H24FN5O2/c1-11-12(2)23-18(17(21)26)24-19(11)25-7-6-14(10-25)22-9-13-8-15(27-3)4-5-16(13)20/h4-5,8,14,22H,6-7,9-10H2,1-3H3,(H2,21,26)/t14-/m1/s1. The minimum absolute atomic E-state index is 0.0305. The molecule has 0 bridgehead atoms. The molecule has 0 radical (unpaired) electrons. The number of methoxy groups -OCH3 is 1. The van der Waals surface area contributed by atoms with Gasteiger partial charge in [0, 0.05) is 42.5 Å². The first-order valence-corrected chi connectivity index (χ1v) is 8.84. The molecule has 1 aliphatic heterocycles. The number of halogens is 1. The second kappa shape index (κ2) is 7.87. The lowest BCUT2D eigenvalue weighted by Crippen LogP contribution is -2.33. The van der Waals surface area contributed by atoms with Gasteiger partial charge in [-0.25, -0.2) is 14.4 Å². The number of nitrogens with two attached hydrogens (primary N) is 1. The smallest absolute Gasteiger partial charge is 0.286 e. The minimum Gasteiger partial charge on any atom is -0.497 e. The minimum atomic E-state index is -0.637. The van der Waals surface area contributed by atoms with Crippen molar-refractivity contribution in [2.45, 2.75) is 32.9 Å². The maximum absolute atomic E-state index is 14.0. The van der Waals surface area contributed by atoms with Crippen LogP contribution in [0.1, 0.15) is 33.9 Å². The average molecular weight is 373 g/mol. The van der Waals surface area contributed by atoms with Gasteiger partial charge in [0.2, 0.25) is 5.82 Å². The second-order valence-electron chi connectivity index (χ2n) is 6.72. The lowest BCUT2D eigenvalue weighted by atomic mass is 10.1. The topological polar surface area (TPSA) is 93.4 Å². The molecule has 2 aromatic rings. The van der Waals surface area contributed by atoms with Crippen molar-refractivity contribution in [2.75, 3.05) is 25.1 Å². The Morgan fingerprint density at radius 3 is 2.89 bits per heavy atom. The molecule has 0 saturated carbocycles. The summed E-state index contributed by atoms with van der Waals surface area (Å²) in [5.74, 6) is 0.497. The maximum atomic E-state index is 14.0. The summed E-state index contributed by atoms with van der Waals surface area (Å²) in [6.45, 7) is 5.68. The summed E-state index contributed by atoms with van der Waals surface area (Å²) < 4.78 is 19.1. The predicted molar refractivity (Wildman–Crippen MR) is 100 cm³/mol. The number of hydrogen-bond donors (Lipinski definition) is 2. The molecule has 2 heterocycles. The number of anilines is 1. The Bertz CT molecular complexity index is 858. The number of ether oxygens (including phenoxy) is 1. The SMILES string of the molecule is COc1ccc(F)c(CN[C@@H]2CCN(c3nc(C(N)=O)nc(C)c3C)C2)c1. The van der Waals surface area contributed by atoms with Crippen molar-refractivity contribution >= 4 is 11.7 Å². The Labute approximate surface area is 157 Å². The van der Waals surface area contributed by atoms with Gasteiger partial charge in [0.25, 0.3) is 5.91 Å². The number of amides is 1. The van der Waals surface area contributed by atoms with E-state index >= 15 is 0 Å². The van der Waals surface area contributed by atoms with Crippen molar-refractivity contribution in [2.24, 2.45) is 5.73 Å². The van der Waals surface area contributed by atoms with Crippen LogP contribution in [-0.2, 0) is 6.54 Å². The Kier molecular flexibility index (Phi) is 5.55. The molecule has 27 heavy (non-hydrogen) atoms. The number of aromatic nitrogens is 2. The molecular formula is C19H24FN5O2. The second-order valence-corrected chi connectivity index (χ2v) is 6.72. The van der Waals surface area contributed by atoms with Crippen LogP contribution < -0.4 is 20.7 Å². The van der Waals surface area contributed by atoms with Crippen LogP contribution in [0.15, 0.2) is 18.2 Å². The summed E-state index contributed by atoms with van der Waals surface area (Å²) in [6.07, 6.45) is 0.889. The molecule has 1 atom stereocenters. The molecule has 1 aromatic heterocycles. The largest absolute Gasteiger partial charge is 0.497 e. The maximum Gasteiger partial charge on any atom is 0.286 e. The molecule has 1 fully saturated rings. The van der Waals surface area contributed by atoms with E-state index in [1.165, 1.54) is 6.07 Å². The Morgan fingerprint density at radius 2 is 2.19 bits per heavy atom. The van der Waals surface area contributed by atoms with E-state index < -0.39 is 5.91 Å². The van der Waals surface area contributed by atoms with Gasteiger partial charge in [-0.05, 0) is 38.5 Å². The zero-order valence-electron chi connectivity index (χ0n) is 15.8. The van der Waals surface area contributed by atoms with E-state index in [0.29, 0.717) is 24.4 Å². The Morgan fingerprint density at radius 1 is 1.41 bits per heavy atom. The number of nitrogens with zero attached hydrogens (tertiary/aromatic N) is 3. The molecule has 1 aromatic carbocycles. The highest BCUT2D eigenvalue weighted by Crippen LogP contribution is 2.24. The van der Waals surface area contributed by atoms with Gasteiger partial charge in [0.05, 0.1) is 7.11 Å². The lowest BCUT2D eigenvalue weighted by Gasteiger charge is -2.21. The summed E-state index contributed by atoms with van der Waals surface area (Å²) >= 11 is 0. The predicted octanol–water partition coefficient (Wildman–Crippen LogP) is 1.71. The molecular weight excluding hydrogens is 349 g/mol. The Hall–Kier alpha value is -2.74. The van der Waals surface area contributed by atoms with Crippen LogP contribution in [-0.4, -0.2) is 42.1 Å². The molecule has 0 spiro atoms. The number of carbonyl (C=O) groups is 1. The molecule has 144 valence electrons. The van der Waals surface area contributed by atoms with Crippen LogP contribution in [0.2, 0.25) is 0 Å². The molecule has 3 rings (SSSR count). The first kappa shape index (κ1) is 19.0. The number of rotatable bonds is 6. The summed E-state index contributed by atoms with van der Waals surface area (Å²) in [7, 11) is 1.56. The zero-order valence-corrected chi connectivity index (χ0v) is 15.8. The average Bonchev–Trinajstić information content (AvgIpc) is 3.11. The summed E-state index contributed by atoms with van der Waals surface area (Å²) in [6, 6.07) is 4.90. The highest BCUT2D eigenvalue weighted by molar-refractivity contribution is 5.89. The van der Waals surface area contributed by atoms with Crippen molar-refractivity contribution in [1.29, 1.82) is 0 Å². The van der Waals surface area contributed by atoms with Gasteiger partial charge in [-0.3, -0.25) is 4.79 Å². The van der Waals surface area contributed by atoms with Gasteiger partial charge in [-0.15, -0.1) is 0 Å². The monoisotopic (exact) mass is 373 g/mol. The van der Waals surface area contributed by atoms with Crippen molar-refractivity contribution in [3.05, 3.63) is 46.7 Å². The van der Waals surface area contributed by atoms with Crippen LogP contribution in [0.25, 0.3) is 0 Å². The quantitative estimate of drug-likeness (QED) is 0.801. The van der Waals surface area contributed by atoms with Gasteiger partial charge in [0.15, 0.2) is 0 Å². The lowest BCUT2D eigenvalue weighted by molar-refractivity contribution is 0.0990. The van der Waals surface area contributed by atoms with E-state index in [1.807, 2.05) is 13.8 Å². The molecule has 0 unspecified atom stereocenters. The highest BCUT2D eigenvalue weighted by atomic mass is 19.1. The van der Waals surface area contributed by atoms with Gasteiger partial charge >= 0.3 is 0 Å². The van der Waals surface area contributed by atoms with E-state index in [2.05, 4.69) is 20.2 Å². The summed E-state index contributed by atoms with van der Waals surface area (Å²) in [5.41, 5.74) is 7.57. The number of benzene rings is 1. The molecule has 0 aliphatic carbocycles. The van der Waals surface area contributed by atoms with Crippen molar-refractivity contribution in [1.82, 2.24) is 15.3 Å². The van der Waals surface area contributed by atoms with Crippen LogP contribution >= 0.6 is 0 Å². The first-order chi connectivity index (χ1) is 12.9. The normalized spacial score (nSPS) is 16.6. The van der Waals surface area contributed by atoms with E-state index in [9.17, 15) is 9.18 Å². The zero-order chi connectivity index (χ0) is 19.6. The van der Waals surface area contributed by atoms with Crippen molar-refractivity contribution in [3.63, 3.8) is 0 Å². The number of aryl methyl sites for hydroxylation is 1. The van der Waals surface area contributed by atoms with Crippen molar-refractivity contribution < 1.29 is 13.9 Å². The third-order valence-corrected chi connectivity index (χ3v) is 4.91. The summed E-state index contributed by atoms with van der Waals surface area (Å²) in [5, 5.41) is 3.39. The van der Waals surface area contributed by atoms with Crippen LogP contribution in [0.4, 0.5) is 10.2 Å². The fraction of sp³-hybridized carbons (Fsp3) is 0.421. The van der Waals surface area contributed by atoms with E-state index in [-0.39, 0.29) is 17.7 Å². The van der Waals surface area contributed by atoms with Gasteiger partial charge < -0.3 is 20.7 Å². The van der Waals surface area contributed by atoms with Crippen LogP contribution in [0.3, 0.4) is 0 Å². The van der Waals surface area contributed by atoms with Crippen molar-refractivity contribution in [3.8, 4) is 5.75 Å². The molecule has 8 heteroatoms. The van der Waals surface area contributed by atoms with E-state index in [4.69, 9.17) is 10.5 Å². The number of primary amides is 1. The first-order valence-electron chi connectivity index (χ1n) is 8.84. The fourth-order valence-corrected chi connectivity index (χ4v) is 3.22. The number of nitrogens with one attached hydrogen (secondary N) is 1. The Balaban J connectivity index is 1.68. The molecule has 1 amide bonds.